The molecule has 0 bridgehead atoms. The molecule has 0 radical (unpaired) electrons. The van der Waals surface area contributed by atoms with Gasteiger partial charge in [-0.05, 0) is 25.0 Å². The highest BCUT2D eigenvalue weighted by atomic mass is 16.5. The van der Waals surface area contributed by atoms with Crippen LogP contribution in [0.5, 0.6) is 0 Å². The van der Waals surface area contributed by atoms with Crippen LogP contribution in [0.25, 0.3) is 0 Å². The van der Waals surface area contributed by atoms with Crippen LogP contribution in [0, 0.1) is 11.8 Å². The van der Waals surface area contributed by atoms with Crippen molar-refractivity contribution >= 4 is 11.9 Å². The van der Waals surface area contributed by atoms with E-state index in [1.165, 1.54) is 12.3 Å². The van der Waals surface area contributed by atoms with Crippen LogP contribution in [-0.4, -0.2) is 25.2 Å². The Morgan fingerprint density at radius 3 is 2.88 bits per heavy atom. The van der Waals surface area contributed by atoms with Crippen molar-refractivity contribution in [3.63, 3.8) is 0 Å². The summed E-state index contributed by atoms with van der Waals surface area (Å²) in [5, 5.41) is 0. The number of hydrogen-bond donors (Lipinski definition) is 0. The van der Waals surface area contributed by atoms with E-state index in [0.29, 0.717) is 0 Å². The average Bonchev–Trinajstić information content (AvgIpc) is 2.78. The molecule has 0 aliphatic rings. The molecule has 16 heavy (non-hydrogen) atoms. The van der Waals surface area contributed by atoms with Crippen molar-refractivity contribution in [3.05, 3.63) is 24.2 Å². The quantitative estimate of drug-likeness (QED) is 0.433. The topological polar surface area (TPSA) is 65.7 Å². The van der Waals surface area contributed by atoms with E-state index >= 15 is 0 Å². The Hall–Kier alpha value is -2.22. The molecule has 84 valence electrons. The van der Waals surface area contributed by atoms with Crippen molar-refractivity contribution in [3.8, 4) is 11.8 Å². The summed E-state index contributed by atoms with van der Waals surface area (Å²) in [6.45, 7) is 1.76. The highest BCUT2D eigenvalue weighted by Gasteiger charge is 2.08. The van der Waals surface area contributed by atoms with Crippen LogP contribution in [-0.2, 0) is 14.3 Å². The molecule has 0 N–H and O–H groups in total. The molecule has 0 spiro atoms. The van der Waals surface area contributed by atoms with Crippen molar-refractivity contribution in [1.29, 1.82) is 0 Å². The highest BCUT2D eigenvalue weighted by Crippen LogP contribution is 2.01. The lowest BCUT2D eigenvalue weighted by Gasteiger charge is -1.95. The van der Waals surface area contributed by atoms with Crippen LogP contribution >= 0.6 is 0 Å². The summed E-state index contributed by atoms with van der Waals surface area (Å²) in [4.78, 5) is 21.9. The summed E-state index contributed by atoms with van der Waals surface area (Å²) < 4.78 is 14.0. The minimum Gasteiger partial charge on any atom is -0.457 e. The Bertz CT molecular complexity index is 407. The molecule has 0 fully saturated rings. The second kappa shape index (κ2) is 6.30. The molecule has 5 heteroatoms. The predicted molar refractivity (Wildman–Crippen MR) is 53.4 cm³/mol. The van der Waals surface area contributed by atoms with Gasteiger partial charge in [0.25, 0.3) is 0 Å². The summed E-state index contributed by atoms with van der Waals surface area (Å²) >= 11 is 0. The Morgan fingerprint density at radius 2 is 2.25 bits per heavy atom. The summed E-state index contributed by atoms with van der Waals surface area (Å²) in [7, 11) is 0. The summed E-state index contributed by atoms with van der Waals surface area (Å²) in [6.07, 6.45) is 1.36. The van der Waals surface area contributed by atoms with Crippen molar-refractivity contribution < 1.29 is 23.5 Å². The fourth-order valence-electron chi connectivity index (χ4n) is 0.843. The monoisotopic (exact) mass is 222 g/mol. The normalized spacial score (nSPS) is 8.81. The molecule has 0 aliphatic carbocycles. The maximum Gasteiger partial charge on any atom is 0.384 e. The van der Waals surface area contributed by atoms with Gasteiger partial charge < -0.3 is 13.9 Å². The minimum absolute atomic E-state index is 0.0953. The molecule has 0 saturated heterocycles. The van der Waals surface area contributed by atoms with E-state index < -0.39 is 11.9 Å². The Labute approximate surface area is 92.3 Å². The van der Waals surface area contributed by atoms with Gasteiger partial charge >= 0.3 is 11.9 Å². The zero-order valence-corrected chi connectivity index (χ0v) is 8.69. The van der Waals surface area contributed by atoms with Crippen LogP contribution in [0.1, 0.15) is 17.5 Å². The Morgan fingerprint density at radius 1 is 1.44 bits per heavy atom. The van der Waals surface area contributed by atoms with Crippen molar-refractivity contribution in [2.24, 2.45) is 0 Å². The minimum atomic E-state index is -0.642. The third-order valence-electron chi connectivity index (χ3n) is 1.46. The van der Waals surface area contributed by atoms with Gasteiger partial charge in [-0.1, -0.05) is 0 Å². The Balaban J connectivity index is 2.30. The van der Waals surface area contributed by atoms with Crippen LogP contribution in [0.4, 0.5) is 0 Å². The zero-order chi connectivity index (χ0) is 11.8. The second-order valence-corrected chi connectivity index (χ2v) is 2.58. The standard InChI is InChI=1S/C11H10O5/c1-2-14-10(12)6-4-8-16-11(13)9-5-3-7-15-9/h3,5,7H,2,8H2,1H3. The summed E-state index contributed by atoms with van der Waals surface area (Å²) in [5.41, 5.74) is 0. The molecule has 0 aliphatic heterocycles. The fraction of sp³-hybridized carbons (Fsp3) is 0.273. The van der Waals surface area contributed by atoms with Crippen molar-refractivity contribution in [2.75, 3.05) is 13.2 Å². The van der Waals surface area contributed by atoms with Crippen molar-refractivity contribution in [2.45, 2.75) is 6.92 Å². The number of rotatable bonds is 3. The molecule has 1 heterocycles. The third kappa shape index (κ3) is 3.88. The lowest BCUT2D eigenvalue weighted by molar-refractivity contribution is -0.136. The van der Waals surface area contributed by atoms with E-state index in [2.05, 4.69) is 16.6 Å². The first kappa shape index (κ1) is 11.9. The van der Waals surface area contributed by atoms with Gasteiger partial charge in [0.2, 0.25) is 5.76 Å². The van der Waals surface area contributed by atoms with E-state index in [9.17, 15) is 9.59 Å². The molecule has 0 amide bonds. The van der Waals surface area contributed by atoms with E-state index in [0.717, 1.165) is 0 Å². The van der Waals surface area contributed by atoms with E-state index in [4.69, 9.17) is 9.15 Å². The molecule has 0 saturated carbocycles. The first-order valence-electron chi connectivity index (χ1n) is 4.60. The second-order valence-electron chi connectivity index (χ2n) is 2.58. The number of furan rings is 1. The largest absolute Gasteiger partial charge is 0.457 e. The van der Waals surface area contributed by atoms with Gasteiger partial charge in [-0.2, -0.15) is 0 Å². The van der Waals surface area contributed by atoms with E-state index in [1.807, 2.05) is 0 Å². The molecule has 1 rings (SSSR count). The predicted octanol–water partition coefficient (Wildman–Crippen LogP) is 1.00. The maximum absolute atomic E-state index is 11.2. The zero-order valence-electron chi connectivity index (χ0n) is 8.69. The van der Waals surface area contributed by atoms with Crippen LogP contribution in [0.2, 0.25) is 0 Å². The molecule has 5 nitrogen and oxygen atoms in total. The van der Waals surface area contributed by atoms with Crippen molar-refractivity contribution in [1.82, 2.24) is 0 Å². The number of carbonyl (C=O) groups is 2. The van der Waals surface area contributed by atoms with E-state index in [1.54, 1.807) is 13.0 Å². The first-order valence-corrected chi connectivity index (χ1v) is 4.60. The first-order chi connectivity index (χ1) is 7.74. The average molecular weight is 222 g/mol. The lowest BCUT2D eigenvalue weighted by Crippen LogP contribution is -2.05. The van der Waals surface area contributed by atoms with Gasteiger partial charge in [-0.3, -0.25) is 0 Å². The number of esters is 2. The fourth-order valence-corrected chi connectivity index (χ4v) is 0.843. The van der Waals surface area contributed by atoms with Gasteiger partial charge in [-0.15, -0.1) is 0 Å². The third-order valence-corrected chi connectivity index (χ3v) is 1.46. The SMILES string of the molecule is CCOC(=O)C#CCOC(=O)c1ccco1. The summed E-state index contributed by atoms with van der Waals surface area (Å²) in [6, 6.07) is 3.04. The number of carbonyl (C=O) groups excluding carboxylic acids is 2. The van der Waals surface area contributed by atoms with Crippen LogP contribution in [0.3, 0.4) is 0 Å². The molecule has 1 aromatic rings. The number of ether oxygens (including phenoxy) is 2. The summed E-state index contributed by atoms with van der Waals surface area (Å²) in [5.74, 6) is 3.35. The molecule has 0 aromatic carbocycles. The highest BCUT2D eigenvalue weighted by molar-refractivity contribution is 5.88. The van der Waals surface area contributed by atoms with E-state index in [-0.39, 0.29) is 19.0 Å². The Kier molecular flexibility index (Phi) is 4.67. The van der Waals surface area contributed by atoms with Gasteiger partial charge in [0.15, 0.2) is 6.61 Å². The smallest absolute Gasteiger partial charge is 0.384 e. The number of hydrogen-bond acceptors (Lipinski definition) is 5. The maximum atomic E-state index is 11.2. The molecule has 0 atom stereocenters. The van der Waals surface area contributed by atoms with Gasteiger partial charge in [-0.25, -0.2) is 9.59 Å². The molecular weight excluding hydrogens is 212 g/mol. The van der Waals surface area contributed by atoms with Crippen LogP contribution < -0.4 is 0 Å². The molecule has 0 unspecified atom stereocenters. The molecule has 1 aromatic heterocycles. The van der Waals surface area contributed by atoms with Gasteiger partial charge in [0.05, 0.1) is 12.9 Å². The molecular formula is C11H10O5. The van der Waals surface area contributed by atoms with Gasteiger partial charge in [0, 0.05) is 5.92 Å². The van der Waals surface area contributed by atoms with Crippen LogP contribution in [0.15, 0.2) is 22.8 Å². The lowest BCUT2D eigenvalue weighted by atomic mass is 10.4. The van der Waals surface area contributed by atoms with Gasteiger partial charge in [0.1, 0.15) is 0 Å².